The van der Waals surface area contributed by atoms with E-state index in [4.69, 9.17) is 20.3 Å². The average molecular weight is 259 g/mol. The molecule has 0 spiro atoms. The maximum atomic E-state index is 11.5. The Kier molecular flexibility index (Phi) is 5.91. The topological polar surface area (TPSA) is 98.8 Å². The molecular formula is C12H21NO5. The van der Waals surface area contributed by atoms with Crippen molar-refractivity contribution in [2.75, 3.05) is 13.7 Å². The molecule has 0 aromatic rings. The number of methoxy groups -OCH3 is 1. The third-order valence-electron chi connectivity index (χ3n) is 3.40. The molecule has 1 aliphatic carbocycles. The molecule has 1 aliphatic rings. The van der Waals surface area contributed by atoms with E-state index in [1.54, 1.807) is 0 Å². The number of carbonyl (C=O) groups is 2. The second-order valence-electron chi connectivity index (χ2n) is 4.73. The van der Waals surface area contributed by atoms with Crippen molar-refractivity contribution >= 4 is 12.1 Å². The molecule has 1 saturated carbocycles. The number of esters is 1. The summed E-state index contributed by atoms with van der Waals surface area (Å²) < 4.78 is 9.54. The van der Waals surface area contributed by atoms with Crippen molar-refractivity contribution in [1.82, 2.24) is 0 Å². The molecule has 0 bridgehead atoms. The highest BCUT2D eigenvalue weighted by molar-refractivity contribution is 5.72. The number of rotatable bonds is 5. The molecule has 0 aromatic heterocycles. The second-order valence-corrected chi connectivity index (χ2v) is 4.73. The summed E-state index contributed by atoms with van der Waals surface area (Å²) in [5, 5.41) is 9.10. The predicted molar refractivity (Wildman–Crippen MR) is 63.6 cm³/mol. The normalized spacial score (nSPS) is 25.2. The highest BCUT2D eigenvalue weighted by Crippen LogP contribution is 2.32. The number of ether oxygens (including phenoxy) is 2. The molecule has 0 radical (unpaired) electrons. The van der Waals surface area contributed by atoms with Crippen LogP contribution in [0.25, 0.3) is 0 Å². The number of nitrogens with two attached hydrogens (primary N) is 1. The van der Waals surface area contributed by atoms with E-state index in [0.29, 0.717) is 12.8 Å². The molecule has 0 saturated heterocycles. The van der Waals surface area contributed by atoms with Crippen molar-refractivity contribution in [2.24, 2.45) is 17.6 Å². The summed E-state index contributed by atoms with van der Waals surface area (Å²) in [5.74, 6) is -0.0166. The van der Waals surface area contributed by atoms with E-state index in [1.165, 1.54) is 7.11 Å². The minimum absolute atomic E-state index is 0.0818. The van der Waals surface area contributed by atoms with Gasteiger partial charge in [-0.15, -0.1) is 0 Å². The van der Waals surface area contributed by atoms with E-state index < -0.39 is 12.2 Å². The summed E-state index contributed by atoms with van der Waals surface area (Å²) in [6, 6.07) is 0. The lowest BCUT2D eigenvalue weighted by atomic mass is 9.79. The van der Waals surface area contributed by atoms with Gasteiger partial charge in [-0.1, -0.05) is 12.8 Å². The molecule has 1 amide bonds. The smallest absolute Gasteiger partial charge is 0.404 e. The molecule has 0 heterocycles. The second kappa shape index (κ2) is 7.20. The van der Waals surface area contributed by atoms with Crippen LogP contribution in [0.2, 0.25) is 0 Å². The first-order chi connectivity index (χ1) is 8.56. The molecular weight excluding hydrogens is 238 g/mol. The van der Waals surface area contributed by atoms with Crippen LogP contribution >= 0.6 is 0 Å². The number of primary amides is 1. The van der Waals surface area contributed by atoms with Gasteiger partial charge >= 0.3 is 12.1 Å². The van der Waals surface area contributed by atoms with E-state index in [0.717, 1.165) is 19.3 Å². The third kappa shape index (κ3) is 4.52. The third-order valence-corrected chi connectivity index (χ3v) is 3.40. The largest absolute Gasteiger partial charge is 0.469 e. The molecule has 6 heteroatoms. The first-order valence-electron chi connectivity index (χ1n) is 6.21. The Hall–Kier alpha value is -1.30. The lowest BCUT2D eigenvalue weighted by Gasteiger charge is -2.29. The molecule has 1 rings (SSSR count). The lowest BCUT2D eigenvalue weighted by Crippen LogP contribution is -2.31. The van der Waals surface area contributed by atoms with Gasteiger partial charge in [0.25, 0.3) is 0 Å². The SMILES string of the molecule is COC(=O)C1CCCC(C[C@@H](CO)OC(N)=O)C1. The number of amides is 1. The number of aliphatic hydroxyl groups is 1. The van der Waals surface area contributed by atoms with E-state index >= 15 is 0 Å². The van der Waals surface area contributed by atoms with E-state index in [9.17, 15) is 9.59 Å². The first-order valence-corrected chi connectivity index (χ1v) is 6.21. The highest BCUT2D eigenvalue weighted by atomic mass is 16.6. The predicted octanol–water partition coefficient (Wildman–Crippen LogP) is 0.812. The Morgan fingerprint density at radius 3 is 2.72 bits per heavy atom. The summed E-state index contributed by atoms with van der Waals surface area (Å²) in [6.45, 7) is -0.248. The zero-order valence-electron chi connectivity index (χ0n) is 10.6. The van der Waals surface area contributed by atoms with Crippen molar-refractivity contribution in [1.29, 1.82) is 0 Å². The van der Waals surface area contributed by atoms with Gasteiger partial charge < -0.3 is 20.3 Å². The first kappa shape index (κ1) is 14.8. The van der Waals surface area contributed by atoms with Gasteiger partial charge in [0.2, 0.25) is 0 Å². The van der Waals surface area contributed by atoms with Crippen molar-refractivity contribution in [3.05, 3.63) is 0 Å². The van der Waals surface area contributed by atoms with Gasteiger partial charge in [-0.3, -0.25) is 4.79 Å². The average Bonchev–Trinajstić information content (AvgIpc) is 2.36. The van der Waals surface area contributed by atoms with Crippen LogP contribution in [0.5, 0.6) is 0 Å². The molecule has 0 aliphatic heterocycles. The summed E-state index contributed by atoms with van der Waals surface area (Å²) in [4.78, 5) is 22.1. The van der Waals surface area contributed by atoms with Crippen LogP contribution in [-0.2, 0) is 14.3 Å². The molecule has 104 valence electrons. The van der Waals surface area contributed by atoms with Gasteiger partial charge in [0.15, 0.2) is 0 Å². The monoisotopic (exact) mass is 259 g/mol. The van der Waals surface area contributed by atoms with Crippen molar-refractivity contribution in [3.63, 3.8) is 0 Å². The molecule has 3 atom stereocenters. The Bertz CT molecular complexity index is 294. The quantitative estimate of drug-likeness (QED) is 0.712. The highest BCUT2D eigenvalue weighted by Gasteiger charge is 2.29. The Balaban J connectivity index is 2.45. The maximum absolute atomic E-state index is 11.5. The fraction of sp³-hybridized carbons (Fsp3) is 0.833. The Morgan fingerprint density at radius 1 is 1.44 bits per heavy atom. The minimum Gasteiger partial charge on any atom is -0.469 e. The molecule has 0 aromatic carbocycles. The summed E-state index contributed by atoms with van der Waals surface area (Å²) in [6.07, 6.45) is 2.53. The molecule has 6 nitrogen and oxygen atoms in total. The van der Waals surface area contributed by atoms with Gasteiger partial charge in [0.1, 0.15) is 6.10 Å². The van der Waals surface area contributed by atoms with Crippen molar-refractivity contribution in [3.8, 4) is 0 Å². The fourth-order valence-electron chi connectivity index (χ4n) is 2.58. The Labute approximate surface area is 106 Å². The zero-order chi connectivity index (χ0) is 13.5. The molecule has 1 fully saturated rings. The van der Waals surface area contributed by atoms with Crippen LogP contribution in [0, 0.1) is 11.8 Å². The standard InChI is InChI=1S/C12H21NO5/c1-17-11(15)9-4-2-3-8(5-9)6-10(7-14)18-12(13)16/h8-10,14H,2-7H2,1H3,(H2,13,16)/t8?,9?,10-/m0/s1. The maximum Gasteiger partial charge on any atom is 0.404 e. The van der Waals surface area contributed by atoms with Crippen LogP contribution in [0.3, 0.4) is 0 Å². The van der Waals surface area contributed by atoms with Crippen molar-refractivity contribution in [2.45, 2.75) is 38.2 Å². The molecule has 18 heavy (non-hydrogen) atoms. The fourth-order valence-corrected chi connectivity index (χ4v) is 2.58. The van der Waals surface area contributed by atoms with Crippen LogP contribution in [0.4, 0.5) is 4.79 Å². The van der Waals surface area contributed by atoms with Gasteiger partial charge in [-0.25, -0.2) is 4.79 Å². The van der Waals surface area contributed by atoms with Gasteiger partial charge in [0, 0.05) is 0 Å². The summed E-state index contributed by atoms with van der Waals surface area (Å²) in [7, 11) is 1.39. The van der Waals surface area contributed by atoms with Gasteiger partial charge in [-0.05, 0) is 25.2 Å². The number of hydrogen-bond acceptors (Lipinski definition) is 5. The van der Waals surface area contributed by atoms with E-state index in [-0.39, 0.29) is 24.4 Å². The van der Waals surface area contributed by atoms with Gasteiger partial charge in [0.05, 0.1) is 19.6 Å². The zero-order valence-corrected chi connectivity index (χ0v) is 10.6. The van der Waals surface area contributed by atoms with Crippen molar-refractivity contribution < 1.29 is 24.2 Å². The minimum atomic E-state index is -0.880. The molecule has 3 N–H and O–H groups in total. The van der Waals surface area contributed by atoms with Crippen LogP contribution < -0.4 is 5.73 Å². The number of hydrogen-bond donors (Lipinski definition) is 2. The van der Waals surface area contributed by atoms with Crippen LogP contribution in [-0.4, -0.2) is 37.0 Å². The lowest BCUT2D eigenvalue weighted by molar-refractivity contribution is -0.147. The number of carbonyl (C=O) groups excluding carboxylic acids is 2. The molecule has 2 unspecified atom stereocenters. The van der Waals surface area contributed by atoms with Crippen LogP contribution in [0.15, 0.2) is 0 Å². The summed E-state index contributed by atoms with van der Waals surface area (Å²) in [5.41, 5.74) is 4.92. The number of aliphatic hydroxyl groups excluding tert-OH is 1. The van der Waals surface area contributed by atoms with E-state index in [2.05, 4.69) is 0 Å². The summed E-state index contributed by atoms with van der Waals surface area (Å²) >= 11 is 0. The Morgan fingerprint density at radius 2 is 2.17 bits per heavy atom. The van der Waals surface area contributed by atoms with E-state index in [1.807, 2.05) is 0 Å². The van der Waals surface area contributed by atoms with Gasteiger partial charge in [-0.2, -0.15) is 0 Å². The van der Waals surface area contributed by atoms with Crippen LogP contribution in [0.1, 0.15) is 32.1 Å².